The van der Waals surface area contributed by atoms with Gasteiger partial charge in [-0.05, 0) is 84.8 Å². The standard InChI is InChI=1S/C48H61N5O5/c1-6-45(54)50(3)27-13-28-51(4)47(56)40-22-20-37(21-23-40)24-29-49(2)36-38-14-12-18-42(34-38)48(57)52(5)32-33-53-30-25-43(26-31-53)58-46(55)35-41-17-10-11-19-44(41)39-15-8-7-9-16-39/h7-12,14-23,34,43H,6,13,24-33,35-36H2,1-5H3. The van der Waals surface area contributed by atoms with E-state index in [2.05, 4.69) is 35.0 Å². The SMILES string of the molecule is CCC(=O)N(C)CCCN(C)C(=O)c1ccc(CCN(C)Cc2cccc(C(=O)N(C)CCN3CCC(OC(=O)Cc4ccccc4-c4ccccc4)CC3)c2)cc1. The quantitative estimate of drug-likeness (QED) is 0.0980. The maximum atomic E-state index is 13.4. The highest BCUT2D eigenvalue weighted by atomic mass is 16.5. The van der Waals surface area contributed by atoms with Gasteiger partial charge in [0.1, 0.15) is 6.10 Å². The third-order valence-corrected chi connectivity index (χ3v) is 11.0. The molecule has 4 aromatic carbocycles. The topological polar surface area (TPSA) is 93.7 Å². The van der Waals surface area contributed by atoms with Gasteiger partial charge in [0.25, 0.3) is 11.8 Å². The number of hydrogen-bond acceptors (Lipinski definition) is 7. The van der Waals surface area contributed by atoms with E-state index < -0.39 is 0 Å². The van der Waals surface area contributed by atoms with E-state index in [1.165, 1.54) is 0 Å². The molecule has 1 fully saturated rings. The lowest BCUT2D eigenvalue weighted by molar-refractivity contribution is -0.150. The Labute approximate surface area is 345 Å². The minimum Gasteiger partial charge on any atom is -0.462 e. The number of benzene rings is 4. The summed E-state index contributed by atoms with van der Waals surface area (Å²) in [5.74, 6) is -0.101. The van der Waals surface area contributed by atoms with Gasteiger partial charge in [0, 0.05) is 91.0 Å². The summed E-state index contributed by atoms with van der Waals surface area (Å²) in [6.45, 7) is 7.64. The Kier molecular flexibility index (Phi) is 16.6. The van der Waals surface area contributed by atoms with E-state index in [-0.39, 0.29) is 36.2 Å². The molecule has 3 amide bonds. The minimum absolute atomic E-state index is 0.00307. The summed E-state index contributed by atoms with van der Waals surface area (Å²) >= 11 is 0. The van der Waals surface area contributed by atoms with Crippen LogP contribution in [0.4, 0.5) is 0 Å². The van der Waals surface area contributed by atoms with Crippen molar-refractivity contribution in [2.45, 2.75) is 58.1 Å². The van der Waals surface area contributed by atoms with E-state index >= 15 is 0 Å². The van der Waals surface area contributed by atoms with Gasteiger partial charge in [-0.25, -0.2) is 0 Å². The molecule has 4 aromatic rings. The monoisotopic (exact) mass is 787 g/mol. The van der Waals surface area contributed by atoms with E-state index in [1.807, 2.05) is 98.9 Å². The Morgan fingerprint density at radius 1 is 0.672 bits per heavy atom. The number of amides is 3. The number of ether oxygens (including phenoxy) is 1. The van der Waals surface area contributed by atoms with Crippen molar-refractivity contribution in [1.82, 2.24) is 24.5 Å². The Morgan fingerprint density at radius 2 is 1.33 bits per heavy atom. The summed E-state index contributed by atoms with van der Waals surface area (Å²) in [5.41, 5.74) is 6.69. The Morgan fingerprint density at radius 3 is 2.05 bits per heavy atom. The van der Waals surface area contributed by atoms with Crippen LogP contribution in [0.2, 0.25) is 0 Å². The molecule has 0 bridgehead atoms. The first-order valence-corrected chi connectivity index (χ1v) is 20.7. The number of likely N-dealkylation sites (N-methyl/N-ethyl adjacent to an activating group) is 2. The Bertz CT molecular complexity index is 1940. The van der Waals surface area contributed by atoms with Crippen LogP contribution >= 0.6 is 0 Å². The van der Waals surface area contributed by atoms with Crippen molar-refractivity contribution in [2.75, 3.05) is 74.0 Å². The van der Waals surface area contributed by atoms with Crippen LogP contribution < -0.4 is 0 Å². The summed E-state index contributed by atoms with van der Waals surface area (Å²) < 4.78 is 5.92. The fraction of sp³-hybridized carbons (Fsp3) is 0.417. The lowest BCUT2D eigenvalue weighted by Gasteiger charge is -2.32. The highest BCUT2D eigenvalue weighted by Crippen LogP contribution is 2.25. The highest BCUT2D eigenvalue weighted by Gasteiger charge is 2.24. The number of nitrogens with zero attached hydrogens (tertiary/aromatic N) is 5. The first-order chi connectivity index (χ1) is 28.0. The number of hydrogen-bond donors (Lipinski definition) is 0. The zero-order valence-electron chi connectivity index (χ0n) is 35.1. The number of rotatable bonds is 19. The molecule has 0 unspecified atom stereocenters. The van der Waals surface area contributed by atoms with Gasteiger partial charge in [-0.15, -0.1) is 0 Å². The van der Waals surface area contributed by atoms with Gasteiger partial charge in [0.15, 0.2) is 0 Å². The summed E-state index contributed by atoms with van der Waals surface area (Å²) in [5, 5.41) is 0. The van der Waals surface area contributed by atoms with Crippen molar-refractivity contribution >= 4 is 23.7 Å². The van der Waals surface area contributed by atoms with E-state index in [0.29, 0.717) is 43.7 Å². The van der Waals surface area contributed by atoms with Crippen LogP contribution in [0.1, 0.15) is 70.0 Å². The number of carbonyl (C=O) groups excluding carboxylic acids is 4. The highest BCUT2D eigenvalue weighted by molar-refractivity contribution is 5.94. The molecule has 0 saturated carbocycles. The van der Waals surface area contributed by atoms with Crippen molar-refractivity contribution in [1.29, 1.82) is 0 Å². The zero-order valence-corrected chi connectivity index (χ0v) is 35.1. The largest absolute Gasteiger partial charge is 0.462 e. The van der Waals surface area contributed by atoms with Crippen LogP contribution in [0, 0.1) is 0 Å². The number of likely N-dealkylation sites (tertiary alicyclic amines) is 1. The molecule has 0 atom stereocenters. The first kappa shape index (κ1) is 43.8. The molecule has 10 nitrogen and oxygen atoms in total. The molecule has 1 aliphatic heterocycles. The van der Waals surface area contributed by atoms with Crippen LogP contribution in [0.15, 0.2) is 103 Å². The van der Waals surface area contributed by atoms with Gasteiger partial charge in [-0.3, -0.25) is 19.2 Å². The lowest BCUT2D eigenvalue weighted by atomic mass is 9.98. The fourth-order valence-electron chi connectivity index (χ4n) is 7.41. The average Bonchev–Trinajstić information content (AvgIpc) is 3.25. The van der Waals surface area contributed by atoms with E-state index in [1.54, 1.807) is 28.8 Å². The number of piperidine rings is 1. The molecule has 58 heavy (non-hydrogen) atoms. The van der Waals surface area contributed by atoms with Crippen molar-refractivity contribution in [3.05, 3.63) is 131 Å². The number of carbonyl (C=O) groups is 4. The van der Waals surface area contributed by atoms with Gasteiger partial charge < -0.3 is 29.2 Å². The molecule has 308 valence electrons. The van der Waals surface area contributed by atoms with Gasteiger partial charge in [-0.2, -0.15) is 0 Å². The number of esters is 1. The van der Waals surface area contributed by atoms with Gasteiger partial charge >= 0.3 is 5.97 Å². The lowest BCUT2D eigenvalue weighted by Crippen LogP contribution is -2.42. The molecule has 0 aliphatic carbocycles. The molecule has 0 radical (unpaired) electrons. The molecule has 0 aromatic heterocycles. The van der Waals surface area contributed by atoms with E-state index in [4.69, 9.17) is 4.74 Å². The molecule has 5 rings (SSSR count). The Balaban J connectivity index is 0.994. The first-order valence-electron chi connectivity index (χ1n) is 20.7. The summed E-state index contributed by atoms with van der Waals surface area (Å²) in [6, 6.07) is 33.8. The van der Waals surface area contributed by atoms with Crippen molar-refractivity contribution < 1.29 is 23.9 Å². The fourth-order valence-corrected chi connectivity index (χ4v) is 7.41. The second-order valence-corrected chi connectivity index (χ2v) is 15.6. The summed E-state index contributed by atoms with van der Waals surface area (Å²) in [4.78, 5) is 60.9. The van der Waals surface area contributed by atoms with Gasteiger partial charge in [0.2, 0.25) is 5.91 Å². The molecular formula is C48H61N5O5. The van der Waals surface area contributed by atoms with E-state index in [9.17, 15) is 19.2 Å². The maximum Gasteiger partial charge on any atom is 0.310 e. The second-order valence-electron chi connectivity index (χ2n) is 15.6. The van der Waals surface area contributed by atoms with Crippen molar-refractivity contribution in [3.8, 4) is 11.1 Å². The summed E-state index contributed by atoms with van der Waals surface area (Å²) in [6.07, 6.45) is 3.78. The third-order valence-electron chi connectivity index (χ3n) is 11.0. The van der Waals surface area contributed by atoms with Crippen LogP contribution in [-0.4, -0.2) is 128 Å². The molecule has 0 N–H and O–H groups in total. The van der Waals surface area contributed by atoms with E-state index in [0.717, 1.165) is 79.7 Å². The molecule has 10 heteroatoms. The minimum atomic E-state index is -0.191. The average molecular weight is 788 g/mol. The van der Waals surface area contributed by atoms with Gasteiger partial charge in [0.05, 0.1) is 6.42 Å². The van der Waals surface area contributed by atoms with Crippen LogP contribution in [0.5, 0.6) is 0 Å². The van der Waals surface area contributed by atoms with Crippen molar-refractivity contribution in [3.63, 3.8) is 0 Å². The second kappa shape index (κ2) is 22.0. The normalized spacial score (nSPS) is 13.3. The maximum absolute atomic E-state index is 13.4. The van der Waals surface area contributed by atoms with Crippen LogP contribution in [0.3, 0.4) is 0 Å². The molecular weight excluding hydrogens is 727 g/mol. The zero-order chi connectivity index (χ0) is 41.4. The molecule has 1 saturated heterocycles. The van der Waals surface area contributed by atoms with Crippen LogP contribution in [0.25, 0.3) is 11.1 Å². The Hall–Kier alpha value is -5.32. The van der Waals surface area contributed by atoms with Gasteiger partial charge in [-0.1, -0.05) is 85.8 Å². The predicted molar refractivity (Wildman–Crippen MR) is 231 cm³/mol. The predicted octanol–water partition coefficient (Wildman–Crippen LogP) is 6.68. The van der Waals surface area contributed by atoms with Crippen molar-refractivity contribution in [2.24, 2.45) is 0 Å². The smallest absolute Gasteiger partial charge is 0.310 e. The molecule has 1 heterocycles. The van der Waals surface area contributed by atoms with Crippen LogP contribution in [-0.2, 0) is 33.7 Å². The molecule has 0 spiro atoms. The molecule has 1 aliphatic rings. The summed E-state index contributed by atoms with van der Waals surface area (Å²) in [7, 11) is 7.54. The third kappa shape index (κ3) is 13.1.